The van der Waals surface area contributed by atoms with Gasteiger partial charge in [-0.15, -0.1) is 0 Å². The molecule has 0 aliphatic carbocycles. The van der Waals surface area contributed by atoms with Gasteiger partial charge < -0.3 is 15.8 Å². The van der Waals surface area contributed by atoms with E-state index in [0.717, 1.165) is 18.0 Å². The van der Waals surface area contributed by atoms with Gasteiger partial charge in [0.1, 0.15) is 5.75 Å². The van der Waals surface area contributed by atoms with Crippen LogP contribution in [0.5, 0.6) is 5.75 Å². The monoisotopic (exact) mass is 238 g/mol. The van der Waals surface area contributed by atoms with Gasteiger partial charge in [-0.05, 0) is 31.2 Å². The lowest BCUT2D eigenvalue weighted by Crippen LogP contribution is -2.25. The SMILES string of the molecule is CCOc1ccc(NCC(C)C(N)=S)cc1. The summed E-state index contributed by atoms with van der Waals surface area (Å²) in [6.07, 6.45) is 0. The molecule has 0 spiro atoms. The van der Waals surface area contributed by atoms with Crippen LogP contribution in [0.15, 0.2) is 24.3 Å². The summed E-state index contributed by atoms with van der Waals surface area (Å²) in [6, 6.07) is 7.85. The van der Waals surface area contributed by atoms with E-state index in [1.807, 2.05) is 38.1 Å². The van der Waals surface area contributed by atoms with Crippen LogP contribution < -0.4 is 15.8 Å². The number of rotatable bonds is 6. The molecule has 3 N–H and O–H groups in total. The van der Waals surface area contributed by atoms with Gasteiger partial charge in [0.2, 0.25) is 0 Å². The van der Waals surface area contributed by atoms with Crippen molar-refractivity contribution in [2.24, 2.45) is 11.7 Å². The second kappa shape index (κ2) is 6.33. The molecule has 0 fully saturated rings. The number of benzene rings is 1. The molecule has 16 heavy (non-hydrogen) atoms. The zero-order valence-electron chi connectivity index (χ0n) is 9.69. The van der Waals surface area contributed by atoms with Crippen molar-refractivity contribution in [2.75, 3.05) is 18.5 Å². The first-order chi connectivity index (χ1) is 7.63. The number of hydrogen-bond acceptors (Lipinski definition) is 3. The third-order valence-electron chi connectivity index (χ3n) is 2.26. The van der Waals surface area contributed by atoms with E-state index in [2.05, 4.69) is 5.32 Å². The average Bonchev–Trinajstić information content (AvgIpc) is 2.28. The van der Waals surface area contributed by atoms with Gasteiger partial charge in [0.15, 0.2) is 0 Å². The Morgan fingerprint density at radius 2 is 2.06 bits per heavy atom. The minimum Gasteiger partial charge on any atom is -0.494 e. The highest BCUT2D eigenvalue weighted by Crippen LogP contribution is 2.15. The maximum atomic E-state index is 5.54. The fraction of sp³-hybridized carbons (Fsp3) is 0.417. The quantitative estimate of drug-likeness (QED) is 0.747. The van der Waals surface area contributed by atoms with E-state index >= 15 is 0 Å². The van der Waals surface area contributed by atoms with Crippen molar-refractivity contribution >= 4 is 22.9 Å². The van der Waals surface area contributed by atoms with E-state index in [9.17, 15) is 0 Å². The minimum atomic E-state index is 0.196. The van der Waals surface area contributed by atoms with Crippen LogP contribution in [0.2, 0.25) is 0 Å². The summed E-state index contributed by atoms with van der Waals surface area (Å²) in [7, 11) is 0. The van der Waals surface area contributed by atoms with Gasteiger partial charge in [0.25, 0.3) is 0 Å². The standard InChI is InChI=1S/C12H18N2OS/c1-3-15-11-6-4-10(5-7-11)14-8-9(2)12(13)16/h4-7,9,14H,3,8H2,1-2H3,(H2,13,16). The van der Waals surface area contributed by atoms with Crippen LogP contribution in [-0.4, -0.2) is 18.1 Å². The predicted molar refractivity (Wildman–Crippen MR) is 72.1 cm³/mol. The van der Waals surface area contributed by atoms with Gasteiger partial charge in [-0.3, -0.25) is 0 Å². The van der Waals surface area contributed by atoms with Gasteiger partial charge in [-0.1, -0.05) is 19.1 Å². The Kier molecular flexibility index (Phi) is 5.05. The summed E-state index contributed by atoms with van der Waals surface area (Å²) in [4.78, 5) is 0.540. The molecule has 1 aromatic rings. The van der Waals surface area contributed by atoms with Crippen LogP contribution in [0, 0.1) is 5.92 Å². The Bertz CT molecular complexity index is 337. The van der Waals surface area contributed by atoms with Crippen LogP contribution in [-0.2, 0) is 0 Å². The van der Waals surface area contributed by atoms with Crippen LogP contribution in [0.25, 0.3) is 0 Å². The largest absolute Gasteiger partial charge is 0.494 e. The molecule has 1 rings (SSSR count). The molecule has 0 aliphatic heterocycles. The molecule has 1 atom stereocenters. The van der Waals surface area contributed by atoms with E-state index in [0.29, 0.717) is 11.6 Å². The van der Waals surface area contributed by atoms with E-state index < -0.39 is 0 Å². The molecule has 1 unspecified atom stereocenters. The highest BCUT2D eigenvalue weighted by molar-refractivity contribution is 7.80. The van der Waals surface area contributed by atoms with E-state index in [1.54, 1.807) is 0 Å². The Labute approximate surface area is 102 Å². The number of nitrogens with one attached hydrogen (secondary N) is 1. The summed E-state index contributed by atoms with van der Waals surface area (Å²) in [5.74, 6) is 1.08. The summed E-state index contributed by atoms with van der Waals surface area (Å²) in [6.45, 7) is 5.41. The molecule has 0 bridgehead atoms. The molecule has 1 aromatic carbocycles. The smallest absolute Gasteiger partial charge is 0.119 e. The summed E-state index contributed by atoms with van der Waals surface area (Å²) in [5.41, 5.74) is 6.58. The zero-order valence-corrected chi connectivity index (χ0v) is 10.5. The first kappa shape index (κ1) is 12.8. The van der Waals surface area contributed by atoms with Gasteiger partial charge in [0.05, 0.1) is 11.6 Å². The molecule has 0 aliphatic rings. The Hall–Kier alpha value is -1.29. The van der Waals surface area contributed by atoms with Gasteiger partial charge >= 0.3 is 0 Å². The van der Waals surface area contributed by atoms with Crippen molar-refractivity contribution in [1.29, 1.82) is 0 Å². The van der Waals surface area contributed by atoms with Crippen molar-refractivity contribution in [2.45, 2.75) is 13.8 Å². The van der Waals surface area contributed by atoms with Crippen LogP contribution in [0.4, 0.5) is 5.69 Å². The second-order valence-corrected chi connectivity index (χ2v) is 4.11. The van der Waals surface area contributed by atoms with Crippen LogP contribution >= 0.6 is 12.2 Å². The van der Waals surface area contributed by atoms with Crippen molar-refractivity contribution in [1.82, 2.24) is 0 Å². The second-order valence-electron chi connectivity index (χ2n) is 3.64. The van der Waals surface area contributed by atoms with Gasteiger partial charge in [-0.25, -0.2) is 0 Å². The maximum absolute atomic E-state index is 5.54. The highest BCUT2D eigenvalue weighted by atomic mass is 32.1. The Balaban J connectivity index is 2.46. The third kappa shape index (κ3) is 4.06. The minimum absolute atomic E-state index is 0.196. The average molecular weight is 238 g/mol. The summed E-state index contributed by atoms with van der Waals surface area (Å²) >= 11 is 4.91. The Morgan fingerprint density at radius 3 is 2.56 bits per heavy atom. The predicted octanol–water partition coefficient (Wildman–Crippen LogP) is 2.42. The first-order valence-corrected chi connectivity index (χ1v) is 5.80. The molecule has 0 radical (unpaired) electrons. The van der Waals surface area contributed by atoms with Crippen LogP contribution in [0.3, 0.4) is 0 Å². The summed E-state index contributed by atoms with van der Waals surface area (Å²) < 4.78 is 5.36. The molecule has 0 heterocycles. The lowest BCUT2D eigenvalue weighted by atomic mass is 10.2. The third-order valence-corrected chi connectivity index (χ3v) is 2.67. The number of anilines is 1. The maximum Gasteiger partial charge on any atom is 0.119 e. The molecule has 3 nitrogen and oxygen atoms in total. The number of hydrogen-bond donors (Lipinski definition) is 2. The van der Waals surface area contributed by atoms with Crippen molar-refractivity contribution < 1.29 is 4.74 Å². The molecular weight excluding hydrogens is 220 g/mol. The van der Waals surface area contributed by atoms with Crippen molar-refractivity contribution in [3.63, 3.8) is 0 Å². The lowest BCUT2D eigenvalue weighted by molar-refractivity contribution is 0.340. The topological polar surface area (TPSA) is 47.3 Å². The molecule has 0 amide bonds. The normalized spacial score (nSPS) is 11.9. The van der Waals surface area contributed by atoms with Crippen molar-refractivity contribution in [3.05, 3.63) is 24.3 Å². The number of nitrogens with two attached hydrogens (primary N) is 1. The molecule has 4 heteroatoms. The highest BCUT2D eigenvalue weighted by Gasteiger charge is 2.04. The van der Waals surface area contributed by atoms with E-state index in [1.165, 1.54) is 0 Å². The molecular formula is C12H18N2OS. The molecule has 0 saturated heterocycles. The molecule has 88 valence electrons. The fourth-order valence-corrected chi connectivity index (χ4v) is 1.29. The Morgan fingerprint density at radius 1 is 1.44 bits per heavy atom. The van der Waals surface area contributed by atoms with E-state index in [-0.39, 0.29) is 5.92 Å². The lowest BCUT2D eigenvalue weighted by Gasteiger charge is -2.12. The van der Waals surface area contributed by atoms with Gasteiger partial charge in [0, 0.05) is 18.2 Å². The van der Waals surface area contributed by atoms with E-state index in [4.69, 9.17) is 22.7 Å². The molecule has 0 aromatic heterocycles. The number of ether oxygens (including phenoxy) is 1. The molecule has 0 saturated carbocycles. The summed E-state index contributed by atoms with van der Waals surface area (Å²) in [5, 5.41) is 3.27. The number of thiocarbonyl (C=S) groups is 1. The zero-order chi connectivity index (χ0) is 12.0. The van der Waals surface area contributed by atoms with Crippen LogP contribution in [0.1, 0.15) is 13.8 Å². The van der Waals surface area contributed by atoms with Gasteiger partial charge in [-0.2, -0.15) is 0 Å². The first-order valence-electron chi connectivity index (χ1n) is 5.39. The fourth-order valence-electron chi connectivity index (χ4n) is 1.21. The van der Waals surface area contributed by atoms with Crippen molar-refractivity contribution in [3.8, 4) is 5.75 Å².